The van der Waals surface area contributed by atoms with Crippen LogP contribution in [0.5, 0.6) is 0 Å². The topological polar surface area (TPSA) is 78.2 Å². The van der Waals surface area contributed by atoms with Gasteiger partial charge in [0.2, 0.25) is 0 Å². The highest BCUT2D eigenvalue weighted by Gasteiger charge is 2.75. The monoisotopic (exact) mass is 589 g/mol. The first-order valence-corrected chi connectivity index (χ1v) is 10.2. The normalized spacial score (nSPS) is 22.6. The number of nitrogens with zero attached hydrogens (tertiary/aromatic N) is 1. The molecule has 0 amide bonds. The van der Waals surface area contributed by atoms with E-state index in [-0.39, 0.29) is 33.5 Å². The van der Waals surface area contributed by atoms with Crippen molar-refractivity contribution in [3.8, 4) is 0 Å². The molecule has 0 aromatic carbocycles. The number of alkyl halides is 9. The lowest BCUT2D eigenvalue weighted by atomic mass is 10.4. The fraction of sp³-hybridized carbons (Fsp3) is 0.692. The lowest BCUT2D eigenvalue weighted by Gasteiger charge is -2.33. The van der Waals surface area contributed by atoms with Crippen molar-refractivity contribution in [3.63, 3.8) is 0 Å². The van der Waals surface area contributed by atoms with Crippen LogP contribution in [0.2, 0.25) is 0 Å². The average Bonchev–Trinajstić information content (AvgIpc) is 3.21. The summed E-state index contributed by atoms with van der Waals surface area (Å²) in [4.78, 5) is 0. The van der Waals surface area contributed by atoms with Crippen LogP contribution in [0.4, 0.5) is 35.1 Å². The SMILES string of the molecule is CCO[C@H]1CN(S(=O)(=O)C(F)(F)C(F)(F)OC(F)(F)C(F)(F)I)[C@@H](c2ccco2)O1. The van der Waals surface area contributed by atoms with Crippen LogP contribution in [-0.4, -0.2) is 53.6 Å². The molecule has 30 heavy (non-hydrogen) atoms. The number of hydrogen-bond donors (Lipinski definition) is 0. The van der Waals surface area contributed by atoms with Gasteiger partial charge >= 0.3 is 21.4 Å². The Balaban J connectivity index is 2.43. The molecule has 7 nitrogen and oxygen atoms in total. The zero-order valence-corrected chi connectivity index (χ0v) is 17.5. The molecule has 2 atom stereocenters. The summed E-state index contributed by atoms with van der Waals surface area (Å²) >= 11 is -0.327. The molecule has 2 rings (SSSR count). The van der Waals surface area contributed by atoms with E-state index in [1.807, 2.05) is 0 Å². The van der Waals surface area contributed by atoms with Crippen LogP contribution in [-0.2, 0) is 24.2 Å². The number of ether oxygens (including phenoxy) is 3. The summed E-state index contributed by atoms with van der Waals surface area (Å²) in [5, 5.41) is -6.42. The molecule has 1 aromatic heterocycles. The van der Waals surface area contributed by atoms with Crippen LogP contribution in [0.25, 0.3) is 0 Å². The zero-order valence-electron chi connectivity index (χ0n) is 14.5. The average molecular weight is 589 g/mol. The molecular formula is C13H12F8INO6S. The van der Waals surface area contributed by atoms with E-state index in [0.717, 1.165) is 12.3 Å². The van der Waals surface area contributed by atoms with Gasteiger partial charge in [0.15, 0.2) is 12.5 Å². The summed E-state index contributed by atoms with van der Waals surface area (Å²) < 4.78 is 144. The van der Waals surface area contributed by atoms with Crippen molar-refractivity contribution in [2.24, 2.45) is 0 Å². The number of hydrogen-bond acceptors (Lipinski definition) is 6. The van der Waals surface area contributed by atoms with Crippen LogP contribution in [0.15, 0.2) is 22.8 Å². The molecule has 2 heterocycles. The van der Waals surface area contributed by atoms with Gasteiger partial charge in [-0.05, 0) is 19.1 Å². The Morgan fingerprint density at radius 1 is 1.17 bits per heavy atom. The first kappa shape index (κ1) is 25.5. The summed E-state index contributed by atoms with van der Waals surface area (Å²) in [6.45, 7) is 0.257. The second kappa shape index (κ2) is 8.30. The van der Waals surface area contributed by atoms with Gasteiger partial charge in [-0.15, -0.1) is 0 Å². The summed E-state index contributed by atoms with van der Waals surface area (Å²) in [5.74, 6) is -0.426. The van der Waals surface area contributed by atoms with Crippen molar-refractivity contribution in [1.82, 2.24) is 4.31 Å². The molecule has 1 saturated heterocycles. The van der Waals surface area contributed by atoms with Gasteiger partial charge in [0, 0.05) is 29.2 Å². The van der Waals surface area contributed by atoms with Crippen LogP contribution < -0.4 is 0 Å². The highest BCUT2D eigenvalue weighted by molar-refractivity contribution is 14.1. The van der Waals surface area contributed by atoms with Crippen LogP contribution in [0.3, 0.4) is 0 Å². The molecule has 0 radical (unpaired) electrons. The Morgan fingerprint density at radius 2 is 1.77 bits per heavy atom. The van der Waals surface area contributed by atoms with Gasteiger partial charge in [0.25, 0.3) is 10.0 Å². The highest BCUT2D eigenvalue weighted by atomic mass is 127. The molecule has 1 aromatic rings. The molecule has 0 saturated carbocycles. The maximum atomic E-state index is 14.3. The number of furan rings is 1. The minimum atomic E-state index is -6.57. The predicted molar refractivity (Wildman–Crippen MR) is 88.5 cm³/mol. The summed E-state index contributed by atoms with van der Waals surface area (Å²) in [5.41, 5.74) is 0. The van der Waals surface area contributed by atoms with Gasteiger partial charge in [0.05, 0.1) is 12.8 Å². The fourth-order valence-electron chi connectivity index (χ4n) is 2.22. The third-order valence-corrected chi connectivity index (χ3v) is 6.04. The van der Waals surface area contributed by atoms with Crippen molar-refractivity contribution in [1.29, 1.82) is 0 Å². The summed E-state index contributed by atoms with van der Waals surface area (Å²) in [7, 11) is -6.56. The highest BCUT2D eigenvalue weighted by Crippen LogP contribution is 2.51. The smallest absolute Gasteiger partial charge is 0.449 e. The first-order chi connectivity index (χ1) is 13.5. The number of rotatable bonds is 9. The van der Waals surface area contributed by atoms with E-state index < -0.39 is 56.2 Å². The van der Waals surface area contributed by atoms with E-state index in [1.54, 1.807) is 0 Å². The second-order valence-electron chi connectivity index (χ2n) is 5.61. The number of halogens is 9. The third kappa shape index (κ3) is 4.54. The Kier molecular flexibility index (Phi) is 7.06. The van der Waals surface area contributed by atoms with Crippen LogP contribution in [0, 0.1) is 0 Å². The largest absolute Gasteiger partial charge is 0.465 e. The standard InChI is InChI=1S/C13H12F8INO6S/c1-2-26-8-6-23(9(28-8)7-4-3-5-27-7)30(24,25)13(20,21)12(18,19)29-11(16,17)10(14,15)22/h3-5,8-9H,2,6H2,1H3/t8-,9-/m1/s1. The fourth-order valence-corrected chi connectivity index (χ4v) is 3.69. The van der Waals surface area contributed by atoms with Gasteiger partial charge in [0.1, 0.15) is 5.76 Å². The lowest BCUT2D eigenvalue weighted by molar-refractivity contribution is -0.438. The van der Waals surface area contributed by atoms with Gasteiger partial charge in [-0.1, -0.05) is 0 Å². The number of sulfonamides is 1. The minimum absolute atomic E-state index is 0.101. The van der Waals surface area contributed by atoms with Gasteiger partial charge in [-0.2, -0.15) is 39.4 Å². The first-order valence-electron chi connectivity index (χ1n) is 7.70. The van der Waals surface area contributed by atoms with Gasteiger partial charge in [-0.25, -0.2) is 13.2 Å². The summed E-state index contributed by atoms with van der Waals surface area (Å²) in [6.07, 6.45) is -15.3. The van der Waals surface area contributed by atoms with E-state index in [2.05, 4.69) is 4.74 Å². The maximum Gasteiger partial charge on any atom is 0.449 e. The molecular weight excluding hydrogens is 577 g/mol. The molecule has 0 N–H and O–H groups in total. The Hall–Kier alpha value is -0.760. The van der Waals surface area contributed by atoms with E-state index in [9.17, 15) is 43.5 Å². The minimum Gasteiger partial charge on any atom is -0.465 e. The molecule has 17 heteroatoms. The molecule has 174 valence electrons. The molecule has 1 aliphatic heterocycles. The lowest BCUT2D eigenvalue weighted by Crippen LogP contribution is -2.58. The molecule has 0 spiro atoms. The Labute approximate surface area is 177 Å². The summed E-state index contributed by atoms with van der Waals surface area (Å²) in [6, 6.07) is 2.25. The van der Waals surface area contributed by atoms with E-state index in [0.29, 0.717) is 0 Å². The molecule has 1 aliphatic rings. The van der Waals surface area contributed by atoms with E-state index in [4.69, 9.17) is 13.9 Å². The second-order valence-corrected chi connectivity index (χ2v) is 8.90. The molecule has 1 fully saturated rings. The van der Waals surface area contributed by atoms with Gasteiger partial charge in [-0.3, -0.25) is 0 Å². The quantitative estimate of drug-likeness (QED) is 0.245. The Morgan fingerprint density at radius 3 is 2.23 bits per heavy atom. The maximum absolute atomic E-state index is 14.3. The van der Waals surface area contributed by atoms with Crippen molar-refractivity contribution in [2.45, 2.75) is 40.8 Å². The Bertz CT molecular complexity index is 831. The van der Waals surface area contributed by atoms with Crippen molar-refractivity contribution < 1.29 is 62.2 Å². The predicted octanol–water partition coefficient (Wildman–Crippen LogP) is 4.13. The van der Waals surface area contributed by atoms with Crippen LogP contribution in [0.1, 0.15) is 18.9 Å². The van der Waals surface area contributed by atoms with Crippen molar-refractivity contribution >= 4 is 32.6 Å². The van der Waals surface area contributed by atoms with Crippen molar-refractivity contribution in [3.05, 3.63) is 24.2 Å². The third-order valence-electron chi connectivity index (χ3n) is 3.57. The van der Waals surface area contributed by atoms with E-state index >= 15 is 0 Å². The van der Waals surface area contributed by atoms with Crippen molar-refractivity contribution in [2.75, 3.05) is 13.2 Å². The van der Waals surface area contributed by atoms with Gasteiger partial charge < -0.3 is 13.9 Å². The van der Waals surface area contributed by atoms with E-state index in [1.165, 1.54) is 13.0 Å². The molecule has 0 bridgehead atoms. The molecule has 0 aliphatic carbocycles. The zero-order chi connectivity index (χ0) is 23.2. The van der Waals surface area contributed by atoms with Crippen LogP contribution >= 0.6 is 22.6 Å². The molecule has 0 unspecified atom stereocenters.